The fraction of sp³-hybridized carbons (Fsp3) is 0.875. The van der Waals surface area contributed by atoms with E-state index in [0.717, 1.165) is 18.3 Å². The molecule has 0 saturated heterocycles. The van der Waals surface area contributed by atoms with E-state index >= 15 is 0 Å². The van der Waals surface area contributed by atoms with Crippen LogP contribution in [0.3, 0.4) is 0 Å². The van der Waals surface area contributed by atoms with Crippen LogP contribution in [0, 0.1) is 17.8 Å². The smallest absolute Gasteiger partial charge is 0.320 e. The van der Waals surface area contributed by atoms with Crippen molar-refractivity contribution < 1.29 is 14.7 Å². The Morgan fingerprint density at radius 3 is 2.57 bits per heavy atom. The molecule has 120 valence electrons. The van der Waals surface area contributed by atoms with E-state index in [0.29, 0.717) is 12.3 Å². The molecule has 21 heavy (non-hydrogen) atoms. The van der Waals surface area contributed by atoms with Crippen LogP contribution in [-0.4, -0.2) is 35.6 Å². The molecule has 0 aromatic carbocycles. The van der Waals surface area contributed by atoms with Crippen molar-refractivity contribution in [2.75, 3.05) is 6.54 Å². The molecule has 5 unspecified atom stereocenters. The Morgan fingerprint density at radius 1 is 1.29 bits per heavy atom. The average Bonchev–Trinajstić information content (AvgIpc) is 3.05. The molecular weight excluding hydrogens is 268 g/mol. The van der Waals surface area contributed by atoms with Crippen molar-refractivity contribution in [1.29, 1.82) is 0 Å². The molecule has 0 aromatic rings. The first kappa shape index (κ1) is 16.3. The van der Waals surface area contributed by atoms with E-state index in [1.807, 2.05) is 6.92 Å². The molecule has 2 fully saturated rings. The molecule has 5 heteroatoms. The summed E-state index contributed by atoms with van der Waals surface area (Å²) in [5, 5.41) is 14.9. The lowest BCUT2D eigenvalue weighted by molar-refractivity contribution is -0.139. The number of carbonyl (C=O) groups excluding carboxylic acids is 1. The van der Waals surface area contributed by atoms with Crippen LogP contribution in [0.2, 0.25) is 0 Å². The zero-order valence-corrected chi connectivity index (χ0v) is 13.1. The maximum atomic E-state index is 12.0. The molecule has 2 aliphatic rings. The monoisotopic (exact) mass is 296 g/mol. The summed E-state index contributed by atoms with van der Waals surface area (Å²) in [4.78, 5) is 23.0. The van der Waals surface area contributed by atoms with Crippen LogP contribution in [0.1, 0.15) is 52.4 Å². The number of fused-ring (bicyclic) bond motifs is 2. The van der Waals surface area contributed by atoms with Crippen LogP contribution in [0.5, 0.6) is 0 Å². The molecule has 0 aromatic heterocycles. The van der Waals surface area contributed by atoms with Gasteiger partial charge in [-0.25, -0.2) is 0 Å². The van der Waals surface area contributed by atoms with Crippen LogP contribution in [-0.2, 0) is 9.59 Å². The van der Waals surface area contributed by atoms with Gasteiger partial charge in [0, 0.05) is 6.04 Å². The Labute approximate surface area is 126 Å². The highest BCUT2D eigenvalue weighted by Gasteiger charge is 2.42. The van der Waals surface area contributed by atoms with Crippen LogP contribution in [0.15, 0.2) is 0 Å². The molecule has 1 amide bonds. The van der Waals surface area contributed by atoms with Gasteiger partial charge in [0.1, 0.15) is 6.04 Å². The quantitative estimate of drug-likeness (QED) is 0.638. The van der Waals surface area contributed by atoms with Crippen molar-refractivity contribution in [3.63, 3.8) is 0 Å². The summed E-state index contributed by atoms with van der Waals surface area (Å²) in [6, 6.07) is -0.428. The van der Waals surface area contributed by atoms with Crippen LogP contribution < -0.4 is 10.6 Å². The second kappa shape index (κ2) is 7.25. The highest BCUT2D eigenvalue weighted by molar-refractivity contribution is 5.80. The summed E-state index contributed by atoms with van der Waals surface area (Å²) in [6.07, 6.45) is 6.58. The number of aliphatic carboxylic acids is 1. The molecular formula is C16H28N2O3. The van der Waals surface area contributed by atoms with Gasteiger partial charge < -0.3 is 10.4 Å². The SMILES string of the molecule is CCCC(NCC(=O)NC(C)C1CC2CCC1C2)C(=O)O. The number of amides is 1. The molecule has 0 radical (unpaired) electrons. The summed E-state index contributed by atoms with van der Waals surface area (Å²) in [5.74, 6) is 1.29. The van der Waals surface area contributed by atoms with Crippen LogP contribution in [0.4, 0.5) is 0 Å². The zero-order valence-electron chi connectivity index (χ0n) is 13.1. The van der Waals surface area contributed by atoms with Crippen molar-refractivity contribution in [2.45, 2.75) is 64.5 Å². The fourth-order valence-corrected chi connectivity index (χ4v) is 4.14. The summed E-state index contributed by atoms with van der Waals surface area (Å²) in [6.45, 7) is 4.11. The summed E-state index contributed by atoms with van der Waals surface area (Å²) < 4.78 is 0. The Kier molecular flexibility index (Phi) is 5.62. The van der Waals surface area contributed by atoms with Crippen molar-refractivity contribution in [2.24, 2.45) is 17.8 Å². The maximum Gasteiger partial charge on any atom is 0.320 e. The van der Waals surface area contributed by atoms with Gasteiger partial charge in [0.15, 0.2) is 0 Å². The number of hydrogen-bond acceptors (Lipinski definition) is 3. The number of rotatable bonds is 8. The van der Waals surface area contributed by atoms with Gasteiger partial charge in [-0.1, -0.05) is 19.8 Å². The normalized spacial score (nSPS) is 30.1. The minimum atomic E-state index is -0.884. The highest BCUT2D eigenvalue weighted by Crippen LogP contribution is 2.49. The van der Waals surface area contributed by atoms with Crippen molar-refractivity contribution >= 4 is 11.9 Å². The van der Waals surface area contributed by atoms with E-state index in [2.05, 4.69) is 17.6 Å². The Balaban J connectivity index is 1.72. The standard InChI is InChI=1S/C16H28N2O3/c1-3-4-14(16(20)21)17-9-15(19)18-10(2)13-8-11-5-6-12(13)7-11/h10-14,17H,3-9H2,1-2H3,(H,18,19)(H,20,21). The van der Waals surface area contributed by atoms with E-state index in [1.54, 1.807) is 0 Å². The van der Waals surface area contributed by atoms with E-state index < -0.39 is 12.0 Å². The maximum absolute atomic E-state index is 12.0. The van der Waals surface area contributed by atoms with Gasteiger partial charge >= 0.3 is 5.97 Å². The van der Waals surface area contributed by atoms with E-state index in [9.17, 15) is 9.59 Å². The molecule has 5 nitrogen and oxygen atoms in total. The Bertz CT molecular complexity index is 386. The third-order valence-corrected chi connectivity index (χ3v) is 5.21. The minimum absolute atomic E-state index is 0.0854. The minimum Gasteiger partial charge on any atom is -0.480 e. The summed E-state index contributed by atoms with van der Waals surface area (Å²) in [5.41, 5.74) is 0. The molecule has 0 heterocycles. The Morgan fingerprint density at radius 2 is 2.05 bits per heavy atom. The zero-order chi connectivity index (χ0) is 15.4. The second-order valence-electron chi connectivity index (χ2n) is 6.76. The first-order chi connectivity index (χ1) is 10.0. The van der Waals surface area contributed by atoms with Crippen molar-refractivity contribution in [3.05, 3.63) is 0 Å². The van der Waals surface area contributed by atoms with Gasteiger partial charge in [0.2, 0.25) is 5.91 Å². The molecule has 0 spiro atoms. The predicted octanol–water partition coefficient (Wildman–Crippen LogP) is 1.77. The highest BCUT2D eigenvalue weighted by atomic mass is 16.4. The molecule has 2 bridgehead atoms. The number of nitrogens with one attached hydrogen (secondary N) is 2. The summed E-state index contributed by atoms with van der Waals surface area (Å²) >= 11 is 0. The largest absolute Gasteiger partial charge is 0.480 e. The van der Waals surface area contributed by atoms with Gasteiger partial charge in [0.05, 0.1) is 6.54 Å². The molecule has 2 aliphatic carbocycles. The van der Waals surface area contributed by atoms with Crippen molar-refractivity contribution in [3.8, 4) is 0 Å². The predicted molar refractivity (Wildman–Crippen MR) is 80.9 cm³/mol. The first-order valence-electron chi connectivity index (χ1n) is 8.26. The van der Waals surface area contributed by atoms with E-state index in [-0.39, 0.29) is 18.5 Å². The van der Waals surface area contributed by atoms with Gasteiger partial charge in [0.25, 0.3) is 0 Å². The molecule has 5 atom stereocenters. The fourth-order valence-electron chi connectivity index (χ4n) is 4.14. The topological polar surface area (TPSA) is 78.4 Å². The van der Waals surface area contributed by atoms with Crippen molar-refractivity contribution in [1.82, 2.24) is 10.6 Å². The van der Waals surface area contributed by atoms with Gasteiger partial charge in [-0.15, -0.1) is 0 Å². The average molecular weight is 296 g/mol. The number of hydrogen-bond donors (Lipinski definition) is 3. The van der Waals surface area contributed by atoms with Crippen LogP contribution >= 0.6 is 0 Å². The number of carboxylic acid groups (broad SMARTS) is 1. The third-order valence-electron chi connectivity index (χ3n) is 5.21. The lowest BCUT2D eigenvalue weighted by atomic mass is 9.84. The van der Waals surface area contributed by atoms with Crippen LogP contribution in [0.25, 0.3) is 0 Å². The van der Waals surface area contributed by atoms with Gasteiger partial charge in [-0.2, -0.15) is 0 Å². The Hall–Kier alpha value is -1.10. The van der Waals surface area contributed by atoms with E-state index in [1.165, 1.54) is 25.7 Å². The first-order valence-corrected chi connectivity index (χ1v) is 8.26. The van der Waals surface area contributed by atoms with Gasteiger partial charge in [-0.3, -0.25) is 14.9 Å². The summed E-state index contributed by atoms with van der Waals surface area (Å²) in [7, 11) is 0. The molecule has 3 N–H and O–H groups in total. The molecule has 2 rings (SSSR count). The lowest BCUT2D eigenvalue weighted by Crippen LogP contribution is -2.47. The number of carboxylic acids is 1. The lowest BCUT2D eigenvalue weighted by Gasteiger charge is -2.28. The second-order valence-corrected chi connectivity index (χ2v) is 6.76. The molecule has 0 aliphatic heterocycles. The third kappa shape index (κ3) is 4.19. The molecule has 2 saturated carbocycles. The van der Waals surface area contributed by atoms with Gasteiger partial charge in [-0.05, 0) is 50.4 Å². The number of carbonyl (C=O) groups is 2. The van der Waals surface area contributed by atoms with E-state index in [4.69, 9.17) is 5.11 Å².